The predicted octanol–water partition coefficient (Wildman–Crippen LogP) is 6.07. The van der Waals surface area contributed by atoms with E-state index in [-0.39, 0.29) is 31.4 Å². The summed E-state index contributed by atoms with van der Waals surface area (Å²) in [5.41, 5.74) is 1.47. The number of nitrogens with one attached hydrogen (secondary N) is 2. The number of carbonyl (C=O) groups excluding carboxylic acids is 3. The van der Waals surface area contributed by atoms with Crippen LogP contribution >= 0.6 is 0 Å². The number of carboxylic acid groups (broad SMARTS) is 1. The van der Waals surface area contributed by atoms with Gasteiger partial charge in [0.05, 0.1) is 12.3 Å². The summed E-state index contributed by atoms with van der Waals surface area (Å²) in [5.74, 6) is -2.49. The average molecular weight is 687 g/mol. The minimum Gasteiger partial charge on any atom is -0.479 e. The van der Waals surface area contributed by atoms with Crippen LogP contribution in [0.5, 0.6) is 0 Å². The lowest BCUT2D eigenvalue weighted by atomic mass is 9.85. The van der Waals surface area contributed by atoms with Gasteiger partial charge in [-0.1, -0.05) is 93.5 Å². The molecule has 0 unspecified atom stereocenters. The molecule has 0 bridgehead atoms. The normalized spacial score (nSPS) is 24.3. The molecule has 3 N–H and O–H groups in total. The molecule has 11 nitrogen and oxygen atoms in total. The Labute approximate surface area is 294 Å². The maximum absolute atomic E-state index is 14.4. The Morgan fingerprint density at radius 3 is 2.38 bits per heavy atom. The van der Waals surface area contributed by atoms with E-state index in [9.17, 15) is 24.3 Å². The first-order chi connectivity index (χ1) is 23.9. The lowest BCUT2D eigenvalue weighted by molar-refractivity contribution is -0.146. The standard InChI is InChI=1S/C39H50N4O7/c1-6-15-26-23-39(26,36(46)47)41-34(44)32-22-28(50-42-31(7-2)30-21-14-13-20-29(30)25-16-9-8-10-17-25)24-43(32)35(45)33(38(3,4)5)40-37(48)49-27-18-11-12-19-27/h6,8-10,13-14,16-17,20-21,26-28,32-33H,1,7,11-12,15,18-19,22-24H2,2-5H3,(H,40,48)(H,41,44)(H,46,47)/b42-31+/t26-,28-,32+,33-,39-/m1/s1. The van der Waals surface area contributed by atoms with Crippen molar-refractivity contribution in [2.45, 2.75) is 109 Å². The van der Waals surface area contributed by atoms with E-state index in [2.05, 4.69) is 22.4 Å². The quantitative estimate of drug-likeness (QED) is 0.132. The molecule has 0 aromatic heterocycles. The van der Waals surface area contributed by atoms with E-state index in [1.807, 2.05) is 82.3 Å². The Bertz CT molecular complexity index is 1600. The van der Waals surface area contributed by atoms with E-state index in [4.69, 9.17) is 9.57 Å². The lowest BCUT2D eigenvalue weighted by Crippen LogP contribution is -2.59. The third kappa shape index (κ3) is 8.20. The molecule has 1 saturated heterocycles. The van der Waals surface area contributed by atoms with E-state index in [0.29, 0.717) is 18.6 Å². The SMILES string of the molecule is C=CC[C@@H]1C[C@]1(NC(=O)[C@@H]1C[C@@H](O/N=C(\CC)c2ccccc2-c2ccccc2)CN1C(=O)[C@@H](NC(=O)OC1CCCC1)C(C)(C)C)C(=O)O. The molecule has 268 valence electrons. The van der Waals surface area contributed by atoms with Crippen molar-refractivity contribution >= 4 is 29.6 Å². The number of amides is 3. The fourth-order valence-electron chi connectivity index (χ4n) is 7.12. The van der Waals surface area contributed by atoms with Crippen molar-refractivity contribution in [3.63, 3.8) is 0 Å². The number of hydrogen-bond donors (Lipinski definition) is 3. The molecule has 0 radical (unpaired) electrons. The van der Waals surface area contributed by atoms with Gasteiger partial charge in [-0.2, -0.15) is 0 Å². The molecule has 0 spiro atoms. The molecule has 5 atom stereocenters. The van der Waals surface area contributed by atoms with Crippen LogP contribution in [0.15, 0.2) is 72.4 Å². The highest BCUT2D eigenvalue weighted by atomic mass is 16.6. The summed E-state index contributed by atoms with van der Waals surface area (Å²) in [7, 11) is 0. The van der Waals surface area contributed by atoms with E-state index >= 15 is 0 Å². The van der Waals surface area contributed by atoms with Crippen molar-refractivity contribution in [3.05, 3.63) is 72.8 Å². The van der Waals surface area contributed by atoms with Crippen LogP contribution in [-0.4, -0.2) is 76.0 Å². The van der Waals surface area contributed by atoms with Crippen molar-refractivity contribution in [3.8, 4) is 11.1 Å². The minimum absolute atomic E-state index is 0.0137. The zero-order valence-corrected chi connectivity index (χ0v) is 29.5. The first-order valence-electron chi connectivity index (χ1n) is 17.7. The van der Waals surface area contributed by atoms with Crippen LogP contribution in [0.25, 0.3) is 11.1 Å². The molecule has 2 saturated carbocycles. The second kappa shape index (κ2) is 15.5. The monoisotopic (exact) mass is 686 g/mol. The van der Waals surface area contributed by atoms with Crippen molar-refractivity contribution in [2.75, 3.05) is 6.54 Å². The van der Waals surface area contributed by atoms with Crippen LogP contribution in [0, 0.1) is 11.3 Å². The molecule has 1 aliphatic heterocycles. The second-order valence-electron chi connectivity index (χ2n) is 14.7. The Hall–Kier alpha value is -4.67. The summed E-state index contributed by atoms with van der Waals surface area (Å²) >= 11 is 0. The van der Waals surface area contributed by atoms with Gasteiger partial charge in [0.2, 0.25) is 11.8 Å². The molecule has 2 aromatic carbocycles. The molecule has 50 heavy (non-hydrogen) atoms. The Morgan fingerprint density at radius 2 is 1.74 bits per heavy atom. The number of nitrogens with zero attached hydrogens (tertiary/aromatic N) is 2. The lowest BCUT2D eigenvalue weighted by Gasteiger charge is -2.35. The van der Waals surface area contributed by atoms with Crippen LogP contribution < -0.4 is 10.6 Å². The van der Waals surface area contributed by atoms with Gasteiger partial charge < -0.3 is 30.2 Å². The van der Waals surface area contributed by atoms with Crippen molar-refractivity contribution in [1.82, 2.24) is 15.5 Å². The van der Waals surface area contributed by atoms with Crippen LogP contribution in [0.4, 0.5) is 4.79 Å². The van der Waals surface area contributed by atoms with E-state index in [0.717, 1.165) is 42.4 Å². The fraction of sp³-hybridized carbons (Fsp3) is 0.513. The van der Waals surface area contributed by atoms with Crippen LogP contribution in [0.1, 0.15) is 84.6 Å². The molecule has 3 aliphatic rings. The number of hydrogen-bond acceptors (Lipinski definition) is 7. The number of aliphatic carboxylic acids is 1. The summed E-state index contributed by atoms with van der Waals surface area (Å²) in [6, 6.07) is 15.8. The molecular formula is C39H50N4O7. The molecule has 1 heterocycles. The summed E-state index contributed by atoms with van der Waals surface area (Å²) in [6.07, 6.45) is 4.98. The van der Waals surface area contributed by atoms with Crippen LogP contribution in [0.2, 0.25) is 0 Å². The maximum atomic E-state index is 14.4. The van der Waals surface area contributed by atoms with Gasteiger partial charge in [0, 0.05) is 12.0 Å². The van der Waals surface area contributed by atoms with E-state index in [1.54, 1.807) is 6.08 Å². The number of likely N-dealkylation sites (tertiary alicyclic amines) is 1. The second-order valence-corrected chi connectivity index (χ2v) is 14.7. The van der Waals surface area contributed by atoms with Gasteiger partial charge in [-0.05, 0) is 67.4 Å². The predicted molar refractivity (Wildman–Crippen MR) is 190 cm³/mol. The third-order valence-electron chi connectivity index (χ3n) is 10.1. The highest BCUT2D eigenvalue weighted by Gasteiger charge is 2.62. The average Bonchev–Trinajstić information content (AvgIpc) is 3.39. The summed E-state index contributed by atoms with van der Waals surface area (Å²) < 4.78 is 5.63. The van der Waals surface area contributed by atoms with Gasteiger partial charge >= 0.3 is 12.1 Å². The smallest absolute Gasteiger partial charge is 0.408 e. The number of ether oxygens (including phenoxy) is 1. The number of oxime groups is 1. The molecule has 2 aliphatic carbocycles. The molecule has 2 aromatic rings. The van der Waals surface area contributed by atoms with E-state index in [1.165, 1.54) is 4.90 Å². The number of alkyl carbamates (subject to hydrolysis) is 1. The number of allylic oxidation sites excluding steroid dienone is 1. The van der Waals surface area contributed by atoms with Crippen molar-refractivity contribution in [1.29, 1.82) is 0 Å². The first kappa shape index (κ1) is 36.6. The number of benzene rings is 2. The topological polar surface area (TPSA) is 147 Å². The maximum Gasteiger partial charge on any atom is 0.408 e. The Balaban J connectivity index is 1.40. The summed E-state index contributed by atoms with van der Waals surface area (Å²) in [5, 5.41) is 20.2. The molecule has 5 rings (SSSR count). The van der Waals surface area contributed by atoms with Gasteiger partial charge in [0.15, 0.2) is 0 Å². The molecule has 3 amide bonds. The van der Waals surface area contributed by atoms with Gasteiger partial charge in [-0.3, -0.25) is 9.59 Å². The summed E-state index contributed by atoms with van der Waals surface area (Å²) in [6.45, 7) is 11.2. The third-order valence-corrected chi connectivity index (χ3v) is 10.1. The van der Waals surface area contributed by atoms with Crippen molar-refractivity contribution in [2.24, 2.45) is 16.5 Å². The highest BCUT2D eigenvalue weighted by Crippen LogP contribution is 2.46. The zero-order valence-electron chi connectivity index (χ0n) is 29.5. The van der Waals surface area contributed by atoms with Gasteiger partial charge in [0.25, 0.3) is 0 Å². The van der Waals surface area contributed by atoms with E-state index < -0.39 is 53.0 Å². The van der Waals surface area contributed by atoms with Gasteiger partial charge in [0.1, 0.15) is 29.8 Å². The molecular weight excluding hydrogens is 636 g/mol. The summed E-state index contributed by atoms with van der Waals surface area (Å²) in [4.78, 5) is 61.2. The minimum atomic E-state index is -1.43. The van der Waals surface area contributed by atoms with Crippen LogP contribution in [0.3, 0.4) is 0 Å². The van der Waals surface area contributed by atoms with Gasteiger partial charge in [-0.25, -0.2) is 9.59 Å². The largest absolute Gasteiger partial charge is 0.479 e. The number of carboxylic acids is 1. The van der Waals surface area contributed by atoms with Crippen molar-refractivity contribution < 1.29 is 33.9 Å². The van der Waals surface area contributed by atoms with Gasteiger partial charge in [-0.15, -0.1) is 6.58 Å². The molecule has 11 heteroatoms. The highest BCUT2D eigenvalue weighted by molar-refractivity contribution is 6.05. The number of carbonyl (C=O) groups is 4. The number of rotatable bonds is 13. The molecule has 3 fully saturated rings. The van der Waals surface area contributed by atoms with Crippen LogP contribution in [-0.2, 0) is 24.0 Å². The Morgan fingerprint density at radius 1 is 1.06 bits per heavy atom. The first-order valence-corrected chi connectivity index (χ1v) is 17.7. The fourth-order valence-corrected chi connectivity index (χ4v) is 7.12. The zero-order chi connectivity index (χ0) is 36.1. The Kier molecular flexibility index (Phi) is 11.3.